The number of hydrogen-bond acceptors (Lipinski definition) is 3. The number of benzene rings is 2. The topological polar surface area (TPSA) is 46.6 Å². The van der Waals surface area contributed by atoms with Crippen LogP contribution in [-0.4, -0.2) is 22.6 Å². The smallest absolute Gasteiger partial charge is 0.267 e. The lowest BCUT2D eigenvalue weighted by molar-refractivity contribution is 0.402. The summed E-state index contributed by atoms with van der Waals surface area (Å²) in [5.41, 5.74) is 1.28. The lowest BCUT2D eigenvalue weighted by Gasteiger charge is -2.21. The molecule has 0 saturated heterocycles. The van der Waals surface area contributed by atoms with Gasteiger partial charge in [0.15, 0.2) is 0 Å². The third-order valence-corrected chi connectivity index (χ3v) is 5.49. The van der Waals surface area contributed by atoms with Crippen molar-refractivity contribution < 1.29 is 17.5 Å². The van der Waals surface area contributed by atoms with Crippen molar-refractivity contribution in [1.29, 1.82) is 0 Å². The minimum atomic E-state index is -3.82. The Hall–Kier alpha value is -2.08. The van der Waals surface area contributed by atoms with Gasteiger partial charge in [-0.3, -0.25) is 4.31 Å². The van der Waals surface area contributed by atoms with Gasteiger partial charge in [0.2, 0.25) is 0 Å². The molecule has 2 aromatic rings. The quantitative estimate of drug-likeness (QED) is 0.834. The normalized spacial score (nSPS) is 11.6. The van der Waals surface area contributed by atoms with Crippen molar-refractivity contribution in [3.8, 4) is 5.75 Å². The Labute approximate surface area is 136 Å². The Morgan fingerprint density at radius 3 is 2.22 bits per heavy atom. The lowest BCUT2D eigenvalue weighted by atomic mass is 10.0. The summed E-state index contributed by atoms with van der Waals surface area (Å²) >= 11 is 0. The van der Waals surface area contributed by atoms with Crippen LogP contribution in [0.4, 0.5) is 10.1 Å². The van der Waals surface area contributed by atoms with Crippen LogP contribution in [0.25, 0.3) is 0 Å². The fourth-order valence-electron chi connectivity index (χ4n) is 2.19. The Morgan fingerprint density at radius 1 is 1.09 bits per heavy atom. The number of methoxy groups -OCH3 is 1. The second-order valence-electron chi connectivity index (χ2n) is 5.51. The largest absolute Gasteiger partial charge is 0.495 e. The fraction of sp³-hybridized carbons (Fsp3) is 0.294. The zero-order chi connectivity index (χ0) is 17.2. The van der Waals surface area contributed by atoms with E-state index in [1.54, 1.807) is 12.1 Å². The highest BCUT2D eigenvalue weighted by Gasteiger charge is 2.26. The maximum atomic E-state index is 13.0. The van der Waals surface area contributed by atoms with Crippen molar-refractivity contribution in [2.24, 2.45) is 0 Å². The molecule has 0 aliphatic rings. The van der Waals surface area contributed by atoms with Gasteiger partial charge in [0.05, 0.1) is 12.8 Å². The maximum absolute atomic E-state index is 13.0. The Bertz CT molecular complexity index is 786. The molecule has 124 valence electrons. The predicted molar refractivity (Wildman–Crippen MR) is 89.1 cm³/mol. The number of hydrogen-bond donors (Lipinski definition) is 0. The summed E-state index contributed by atoms with van der Waals surface area (Å²) in [5.74, 6) is 0.0493. The molecule has 0 fully saturated rings. The zero-order valence-corrected chi connectivity index (χ0v) is 14.4. The highest BCUT2D eigenvalue weighted by atomic mass is 32.2. The third kappa shape index (κ3) is 3.47. The van der Waals surface area contributed by atoms with Gasteiger partial charge in [-0.1, -0.05) is 19.9 Å². The monoisotopic (exact) mass is 337 g/mol. The van der Waals surface area contributed by atoms with Crippen LogP contribution in [0.1, 0.15) is 25.3 Å². The molecule has 0 aliphatic heterocycles. The van der Waals surface area contributed by atoms with Gasteiger partial charge in [0.1, 0.15) is 16.5 Å². The van der Waals surface area contributed by atoms with Gasteiger partial charge < -0.3 is 4.74 Å². The molecule has 2 aromatic carbocycles. The number of ether oxygens (including phenoxy) is 1. The van der Waals surface area contributed by atoms with Crippen molar-refractivity contribution in [3.63, 3.8) is 0 Å². The number of rotatable bonds is 5. The molecule has 0 atom stereocenters. The molecule has 0 heterocycles. The van der Waals surface area contributed by atoms with E-state index >= 15 is 0 Å². The third-order valence-electron chi connectivity index (χ3n) is 3.68. The maximum Gasteiger partial charge on any atom is 0.267 e. The highest BCUT2D eigenvalue weighted by Crippen LogP contribution is 2.31. The SMILES string of the molecule is COc1ccc(C(C)C)cc1S(=O)(=O)N(C)c1ccc(F)cc1. The van der Waals surface area contributed by atoms with E-state index in [2.05, 4.69) is 0 Å². The second kappa shape index (κ2) is 6.58. The number of halogens is 1. The summed E-state index contributed by atoms with van der Waals surface area (Å²) < 4.78 is 45.2. The van der Waals surface area contributed by atoms with Crippen LogP contribution >= 0.6 is 0 Å². The van der Waals surface area contributed by atoms with E-state index in [1.165, 1.54) is 38.4 Å². The molecule has 0 aliphatic carbocycles. The van der Waals surface area contributed by atoms with E-state index in [1.807, 2.05) is 19.9 Å². The van der Waals surface area contributed by atoms with Crippen LogP contribution in [0, 0.1) is 5.82 Å². The summed E-state index contributed by atoms with van der Waals surface area (Å²) in [6.07, 6.45) is 0. The van der Waals surface area contributed by atoms with E-state index in [-0.39, 0.29) is 16.6 Å². The Kier molecular flexibility index (Phi) is 4.94. The molecule has 0 bridgehead atoms. The summed E-state index contributed by atoms with van der Waals surface area (Å²) in [6.45, 7) is 3.98. The molecule has 0 unspecified atom stereocenters. The van der Waals surface area contributed by atoms with Gasteiger partial charge in [-0.2, -0.15) is 0 Å². The van der Waals surface area contributed by atoms with Crippen LogP contribution in [0.2, 0.25) is 0 Å². The average Bonchev–Trinajstić information content (AvgIpc) is 2.54. The first-order valence-corrected chi connectivity index (χ1v) is 8.64. The van der Waals surface area contributed by atoms with Crippen LogP contribution in [-0.2, 0) is 10.0 Å². The van der Waals surface area contributed by atoms with E-state index in [0.717, 1.165) is 9.87 Å². The summed E-state index contributed by atoms with van der Waals surface area (Å²) in [7, 11) is -0.951. The minimum absolute atomic E-state index is 0.0954. The molecule has 4 nitrogen and oxygen atoms in total. The molecule has 23 heavy (non-hydrogen) atoms. The van der Waals surface area contributed by atoms with Crippen LogP contribution < -0.4 is 9.04 Å². The molecule has 0 amide bonds. The Balaban J connectivity index is 2.53. The number of sulfonamides is 1. The first kappa shape index (κ1) is 17.3. The van der Waals surface area contributed by atoms with Crippen molar-refractivity contribution >= 4 is 15.7 Å². The first-order valence-electron chi connectivity index (χ1n) is 7.19. The summed E-state index contributed by atoms with van der Waals surface area (Å²) in [4.78, 5) is 0.0954. The van der Waals surface area contributed by atoms with Crippen LogP contribution in [0.3, 0.4) is 0 Å². The van der Waals surface area contributed by atoms with Crippen LogP contribution in [0.15, 0.2) is 47.4 Å². The van der Waals surface area contributed by atoms with Gasteiger partial charge in [0.25, 0.3) is 10.0 Å². The highest BCUT2D eigenvalue weighted by molar-refractivity contribution is 7.92. The molecule has 0 saturated carbocycles. The molecular formula is C17H20FNO3S. The lowest BCUT2D eigenvalue weighted by Crippen LogP contribution is -2.27. The fourth-order valence-corrected chi connectivity index (χ4v) is 3.58. The minimum Gasteiger partial charge on any atom is -0.495 e. The van der Waals surface area contributed by atoms with Gasteiger partial charge in [-0.15, -0.1) is 0 Å². The average molecular weight is 337 g/mol. The van der Waals surface area contributed by atoms with Crippen molar-refractivity contribution in [2.75, 3.05) is 18.5 Å². The van der Waals surface area contributed by atoms with Gasteiger partial charge in [-0.05, 0) is 47.9 Å². The van der Waals surface area contributed by atoms with Crippen molar-refractivity contribution in [3.05, 3.63) is 53.8 Å². The van der Waals surface area contributed by atoms with Gasteiger partial charge in [-0.25, -0.2) is 12.8 Å². The van der Waals surface area contributed by atoms with Gasteiger partial charge >= 0.3 is 0 Å². The van der Waals surface area contributed by atoms with Crippen molar-refractivity contribution in [2.45, 2.75) is 24.7 Å². The summed E-state index contributed by atoms with van der Waals surface area (Å²) in [6, 6.07) is 10.4. The van der Waals surface area contributed by atoms with Crippen molar-refractivity contribution in [1.82, 2.24) is 0 Å². The molecule has 2 rings (SSSR count). The van der Waals surface area contributed by atoms with Gasteiger partial charge in [0, 0.05) is 7.05 Å². The van der Waals surface area contributed by atoms with Crippen LogP contribution in [0.5, 0.6) is 5.75 Å². The number of nitrogens with zero attached hydrogens (tertiary/aromatic N) is 1. The van der Waals surface area contributed by atoms with E-state index in [0.29, 0.717) is 5.69 Å². The standard InChI is InChI=1S/C17H20FNO3S/c1-12(2)13-5-10-16(22-4)17(11-13)23(20,21)19(3)15-8-6-14(18)7-9-15/h5-12H,1-4H3. The molecule has 0 aromatic heterocycles. The van der Waals surface area contributed by atoms with E-state index in [4.69, 9.17) is 4.74 Å². The second-order valence-corrected chi connectivity index (χ2v) is 7.45. The van der Waals surface area contributed by atoms with E-state index < -0.39 is 15.8 Å². The first-order chi connectivity index (χ1) is 10.8. The molecule has 6 heteroatoms. The zero-order valence-electron chi connectivity index (χ0n) is 13.6. The number of anilines is 1. The molecule has 0 radical (unpaired) electrons. The predicted octanol–water partition coefficient (Wildman–Crippen LogP) is 3.78. The molecule has 0 spiro atoms. The summed E-state index contributed by atoms with van der Waals surface area (Å²) in [5, 5.41) is 0. The van der Waals surface area contributed by atoms with E-state index in [9.17, 15) is 12.8 Å². The molecular weight excluding hydrogens is 317 g/mol. The molecule has 0 N–H and O–H groups in total. The Morgan fingerprint density at radius 2 is 1.70 bits per heavy atom.